The minimum atomic E-state index is -0.138. The predicted molar refractivity (Wildman–Crippen MR) is 81.5 cm³/mol. The molecule has 4 heteroatoms. The maximum Gasteiger partial charge on any atom is 0.108 e. The van der Waals surface area contributed by atoms with Gasteiger partial charge in [0.05, 0.1) is 5.60 Å². The van der Waals surface area contributed by atoms with Crippen LogP contribution in [0.3, 0.4) is 0 Å². The molecule has 1 saturated carbocycles. The Morgan fingerprint density at radius 1 is 1.35 bits per heavy atom. The molecule has 1 aliphatic rings. The van der Waals surface area contributed by atoms with Gasteiger partial charge in [-0.05, 0) is 37.5 Å². The van der Waals surface area contributed by atoms with Gasteiger partial charge in [-0.1, -0.05) is 13.8 Å². The van der Waals surface area contributed by atoms with Crippen molar-refractivity contribution in [1.29, 1.82) is 0 Å². The summed E-state index contributed by atoms with van der Waals surface area (Å²) >= 11 is 0. The molecule has 1 aromatic heterocycles. The van der Waals surface area contributed by atoms with Crippen molar-refractivity contribution in [2.75, 3.05) is 7.11 Å². The highest BCUT2D eigenvalue weighted by Crippen LogP contribution is 2.43. The van der Waals surface area contributed by atoms with E-state index in [1.807, 2.05) is 26.6 Å². The lowest BCUT2D eigenvalue weighted by atomic mass is 9.68. The molecule has 1 aromatic rings. The van der Waals surface area contributed by atoms with Gasteiger partial charge in [0.15, 0.2) is 0 Å². The number of hydrogen-bond acceptors (Lipinski definition) is 3. The van der Waals surface area contributed by atoms with E-state index < -0.39 is 0 Å². The van der Waals surface area contributed by atoms with Crippen LogP contribution in [0.2, 0.25) is 0 Å². The van der Waals surface area contributed by atoms with E-state index in [1.165, 1.54) is 12.8 Å². The normalized spacial score (nSPS) is 22.6. The first kappa shape index (κ1) is 15.5. The maximum absolute atomic E-state index is 6.49. The molecule has 1 unspecified atom stereocenters. The molecule has 0 bridgehead atoms. The van der Waals surface area contributed by atoms with E-state index in [9.17, 15) is 0 Å². The molecule has 1 fully saturated rings. The molecule has 1 atom stereocenters. The Balaban J connectivity index is 1.96. The van der Waals surface area contributed by atoms with Crippen LogP contribution in [0.5, 0.6) is 0 Å². The second kappa shape index (κ2) is 5.86. The van der Waals surface area contributed by atoms with Gasteiger partial charge in [-0.2, -0.15) is 0 Å². The lowest BCUT2D eigenvalue weighted by molar-refractivity contribution is -0.0797. The quantitative estimate of drug-likeness (QED) is 0.901. The van der Waals surface area contributed by atoms with E-state index in [2.05, 4.69) is 23.4 Å². The van der Waals surface area contributed by atoms with Crippen LogP contribution in [0.4, 0.5) is 0 Å². The summed E-state index contributed by atoms with van der Waals surface area (Å²) in [5, 5.41) is 0. The minimum Gasteiger partial charge on any atom is -0.377 e. The molecule has 0 aromatic carbocycles. The molecule has 2 N–H and O–H groups in total. The first-order valence-electron chi connectivity index (χ1n) is 7.65. The first-order chi connectivity index (χ1) is 9.38. The van der Waals surface area contributed by atoms with Gasteiger partial charge in [0.1, 0.15) is 5.82 Å². The molecule has 2 rings (SSSR count). The van der Waals surface area contributed by atoms with Crippen LogP contribution in [0.25, 0.3) is 0 Å². The third-order valence-corrected chi connectivity index (χ3v) is 5.13. The number of imidazole rings is 1. The summed E-state index contributed by atoms with van der Waals surface area (Å²) in [6.45, 7) is 4.68. The number of nitrogens with two attached hydrogens (primary N) is 1. The van der Waals surface area contributed by atoms with E-state index in [-0.39, 0.29) is 11.6 Å². The van der Waals surface area contributed by atoms with Crippen molar-refractivity contribution >= 4 is 0 Å². The smallest absolute Gasteiger partial charge is 0.108 e. The Morgan fingerprint density at radius 2 is 2.00 bits per heavy atom. The van der Waals surface area contributed by atoms with Gasteiger partial charge in [0, 0.05) is 39.0 Å². The molecule has 0 saturated heterocycles. The van der Waals surface area contributed by atoms with Crippen molar-refractivity contribution in [3.8, 4) is 0 Å². The third-order valence-electron chi connectivity index (χ3n) is 5.13. The molecule has 4 nitrogen and oxygen atoms in total. The molecular weight excluding hydrogens is 250 g/mol. The highest BCUT2D eigenvalue weighted by Gasteiger charge is 2.42. The molecule has 20 heavy (non-hydrogen) atoms. The third kappa shape index (κ3) is 3.23. The van der Waals surface area contributed by atoms with Gasteiger partial charge in [0.25, 0.3) is 0 Å². The predicted octanol–water partition coefficient (Wildman–Crippen LogP) is 2.67. The fourth-order valence-electron chi connectivity index (χ4n) is 3.26. The summed E-state index contributed by atoms with van der Waals surface area (Å²) in [6, 6.07) is 0.0836. The Hall–Kier alpha value is -0.870. The molecule has 0 aliphatic heterocycles. The van der Waals surface area contributed by atoms with Crippen molar-refractivity contribution in [1.82, 2.24) is 9.55 Å². The standard InChI is InChI=1S/C16H29N3O/c1-15(2)7-9-16(20-4,10-8-15)13(17)5-6-14-18-11-12-19(14)3/h11-13H,5-10,17H2,1-4H3. The number of ether oxygens (including phenoxy) is 1. The summed E-state index contributed by atoms with van der Waals surface area (Å²) in [7, 11) is 3.85. The Kier molecular flexibility index (Phi) is 4.55. The molecule has 1 heterocycles. The fraction of sp³-hybridized carbons (Fsp3) is 0.812. The van der Waals surface area contributed by atoms with Gasteiger partial charge < -0.3 is 15.0 Å². The first-order valence-corrected chi connectivity index (χ1v) is 7.65. The van der Waals surface area contributed by atoms with Crippen molar-refractivity contribution in [3.05, 3.63) is 18.2 Å². The molecular formula is C16H29N3O. The highest BCUT2D eigenvalue weighted by atomic mass is 16.5. The van der Waals surface area contributed by atoms with Crippen LogP contribution in [-0.2, 0) is 18.2 Å². The summed E-state index contributed by atoms with van der Waals surface area (Å²) in [5.41, 5.74) is 6.78. The van der Waals surface area contributed by atoms with Crippen LogP contribution < -0.4 is 5.73 Å². The largest absolute Gasteiger partial charge is 0.377 e. The monoisotopic (exact) mass is 279 g/mol. The summed E-state index contributed by atoms with van der Waals surface area (Å²) in [6.07, 6.45) is 10.2. The number of rotatable bonds is 5. The van der Waals surface area contributed by atoms with Crippen LogP contribution in [-0.4, -0.2) is 28.3 Å². The van der Waals surface area contributed by atoms with E-state index in [0.29, 0.717) is 5.41 Å². The maximum atomic E-state index is 6.49. The zero-order chi connectivity index (χ0) is 14.8. The van der Waals surface area contributed by atoms with Crippen LogP contribution in [0, 0.1) is 5.41 Å². The second-order valence-electron chi connectivity index (χ2n) is 7.03. The number of methoxy groups -OCH3 is 1. The average molecular weight is 279 g/mol. The summed E-state index contributed by atoms with van der Waals surface area (Å²) in [5.74, 6) is 1.10. The van der Waals surface area contributed by atoms with Gasteiger partial charge in [0.2, 0.25) is 0 Å². The average Bonchev–Trinajstić information content (AvgIpc) is 2.82. The molecule has 0 radical (unpaired) electrons. The lowest BCUT2D eigenvalue weighted by Crippen LogP contribution is -2.52. The van der Waals surface area contributed by atoms with E-state index in [1.54, 1.807) is 0 Å². The van der Waals surface area contributed by atoms with Crippen LogP contribution >= 0.6 is 0 Å². The van der Waals surface area contributed by atoms with Crippen molar-refractivity contribution < 1.29 is 4.74 Å². The van der Waals surface area contributed by atoms with Gasteiger partial charge >= 0.3 is 0 Å². The SMILES string of the molecule is COC1(C(N)CCc2nccn2C)CCC(C)(C)CC1. The lowest BCUT2D eigenvalue weighted by Gasteiger charge is -2.46. The molecule has 1 aliphatic carbocycles. The van der Waals surface area contributed by atoms with Gasteiger partial charge in [-0.25, -0.2) is 4.98 Å². The highest BCUT2D eigenvalue weighted by molar-refractivity contribution is 4.99. The Morgan fingerprint density at radius 3 is 2.50 bits per heavy atom. The fourth-order valence-corrected chi connectivity index (χ4v) is 3.26. The topological polar surface area (TPSA) is 53.1 Å². The number of hydrogen-bond donors (Lipinski definition) is 1. The minimum absolute atomic E-state index is 0.0836. The van der Waals surface area contributed by atoms with Gasteiger partial charge in [-0.15, -0.1) is 0 Å². The molecule has 0 spiro atoms. The number of nitrogens with zero attached hydrogens (tertiary/aromatic N) is 2. The van der Waals surface area contributed by atoms with E-state index in [0.717, 1.165) is 31.5 Å². The summed E-state index contributed by atoms with van der Waals surface area (Å²) < 4.78 is 7.95. The van der Waals surface area contributed by atoms with Crippen molar-refractivity contribution in [2.24, 2.45) is 18.2 Å². The Bertz CT molecular complexity index is 429. The zero-order valence-electron chi connectivity index (χ0n) is 13.4. The number of aromatic nitrogens is 2. The molecule has 0 amide bonds. The van der Waals surface area contributed by atoms with Crippen LogP contribution in [0.15, 0.2) is 12.4 Å². The summed E-state index contributed by atoms with van der Waals surface area (Å²) in [4.78, 5) is 4.37. The Labute approximate surface area is 122 Å². The van der Waals surface area contributed by atoms with Gasteiger partial charge in [-0.3, -0.25) is 0 Å². The van der Waals surface area contributed by atoms with E-state index >= 15 is 0 Å². The van der Waals surface area contributed by atoms with Crippen LogP contribution in [0.1, 0.15) is 51.8 Å². The van der Waals surface area contributed by atoms with E-state index in [4.69, 9.17) is 10.5 Å². The second-order valence-corrected chi connectivity index (χ2v) is 7.03. The molecule has 114 valence electrons. The van der Waals surface area contributed by atoms with Crippen molar-refractivity contribution in [3.63, 3.8) is 0 Å². The van der Waals surface area contributed by atoms with Crippen molar-refractivity contribution in [2.45, 2.75) is 64.0 Å². The zero-order valence-corrected chi connectivity index (χ0v) is 13.4. The number of aryl methyl sites for hydroxylation is 2.